The van der Waals surface area contributed by atoms with Crippen molar-refractivity contribution in [2.75, 3.05) is 12.8 Å². The third kappa shape index (κ3) is 4.08. The summed E-state index contributed by atoms with van der Waals surface area (Å²) in [6.07, 6.45) is 0.239. The smallest absolute Gasteiger partial charge is 0.321 e. The molecule has 3 amide bonds. The fourth-order valence-corrected chi connectivity index (χ4v) is 3.41. The van der Waals surface area contributed by atoms with Crippen molar-refractivity contribution in [3.05, 3.63) is 17.5 Å². The van der Waals surface area contributed by atoms with Crippen molar-refractivity contribution in [3.8, 4) is 10.7 Å². The Morgan fingerprint density at radius 3 is 2.86 bits per heavy atom. The van der Waals surface area contributed by atoms with Crippen molar-refractivity contribution in [2.24, 2.45) is 0 Å². The average Bonchev–Trinajstić information content (AvgIpc) is 3.15. The zero-order valence-corrected chi connectivity index (χ0v) is 14.0. The molecule has 0 radical (unpaired) electrons. The van der Waals surface area contributed by atoms with Gasteiger partial charge < -0.3 is 9.88 Å². The van der Waals surface area contributed by atoms with Gasteiger partial charge in [0.15, 0.2) is 11.0 Å². The second kappa shape index (κ2) is 7.95. The normalized spacial score (nSPS) is 10.5. The van der Waals surface area contributed by atoms with Gasteiger partial charge in [-0.2, -0.15) is 0 Å². The van der Waals surface area contributed by atoms with Gasteiger partial charge in [-0.1, -0.05) is 17.8 Å². The van der Waals surface area contributed by atoms with Crippen LogP contribution >= 0.6 is 23.1 Å². The lowest BCUT2D eigenvalue weighted by molar-refractivity contribution is -0.119. The van der Waals surface area contributed by atoms with Gasteiger partial charge in [0.05, 0.1) is 4.88 Å². The Hall–Kier alpha value is -1.87. The minimum atomic E-state index is -0.494. The van der Waals surface area contributed by atoms with E-state index in [2.05, 4.69) is 20.8 Å². The minimum Gasteiger partial charge on any atom is -0.341 e. The molecular weight excluding hydrogens is 322 g/mol. The van der Waals surface area contributed by atoms with Crippen LogP contribution in [0.1, 0.15) is 13.3 Å². The van der Waals surface area contributed by atoms with Crippen LogP contribution in [-0.4, -0.2) is 39.5 Å². The van der Waals surface area contributed by atoms with Crippen LogP contribution in [-0.2, 0) is 11.3 Å². The number of imide groups is 1. The summed E-state index contributed by atoms with van der Waals surface area (Å²) in [6.45, 7) is 2.79. The fourth-order valence-electron chi connectivity index (χ4n) is 1.76. The molecule has 0 fully saturated rings. The van der Waals surface area contributed by atoms with E-state index in [1.807, 2.05) is 29.0 Å². The van der Waals surface area contributed by atoms with E-state index in [-0.39, 0.29) is 12.3 Å². The predicted octanol–water partition coefficient (Wildman–Crippen LogP) is 1.96. The minimum absolute atomic E-state index is 0.239. The zero-order chi connectivity index (χ0) is 15.9. The number of amides is 3. The molecule has 2 rings (SSSR count). The molecule has 0 aliphatic heterocycles. The van der Waals surface area contributed by atoms with E-state index in [4.69, 9.17) is 0 Å². The Kier molecular flexibility index (Phi) is 5.96. The molecule has 9 heteroatoms. The van der Waals surface area contributed by atoms with Crippen molar-refractivity contribution < 1.29 is 9.59 Å². The van der Waals surface area contributed by atoms with E-state index in [9.17, 15) is 9.59 Å². The van der Waals surface area contributed by atoms with Crippen molar-refractivity contribution in [1.29, 1.82) is 0 Å². The highest BCUT2D eigenvalue weighted by atomic mass is 32.2. The molecular formula is C13H17N5O2S2. The number of thioether (sulfide) groups is 1. The molecule has 7 nitrogen and oxygen atoms in total. The van der Waals surface area contributed by atoms with Crippen LogP contribution in [0, 0.1) is 0 Å². The molecule has 0 aromatic carbocycles. The number of nitrogens with one attached hydrogen (secondary N) is 2. The van der Waals surface area contributed by atoms with Crippen LogP contribution in [0.4, 0.5) is 4.79 Å². The molecule has 22 heavy (non-hydrogen) atoms. The quantitative estimate of drug-likeness (QED) is 0.786. The second-order valence-electron chi connectivity index (χ2n) is 4.25. The summed E-state index contributed by atoms with van der Waals surface area (Å²) < 4.78 is 2.02. The second-order valence-corrected chi connectivity index (χ2v) is 6.26. The number of rotatable bonds is 6. The summed E-state index contributed by atoms with van der Waals surface area (Å²) >= 11 is 3.07. The first kappa shape index (κ1) is 16.5. The van der Waals surface area contributed by atoms with Gasteiger partial charge in [-0.25, -0.2) is 4.79 Å². The fraction of sp³-hybridized carbons (Fsp3) is 0.385. The maximum atomic E-state index is 11.5. The summed E-state index contributed by atoms with van der Waals surface area (Å²) in [5, 5.41) is 15.8. The van der Waals surface area contributed by atoms with Crippen LogP contribution in [0.2, 0.25) is 0 Å². The third-order valence-corrected chi connectivity index (χ3v) is 4.65. The Morgan fingerprint density at radius 2 is 2.23 bits per heavy atom. The maximum absolute atomic E-state index is 11.5. The first-order chi connectivity index (χ1) is 10.7. The molecule has 2 aromatic heterocycles. The van der Waals surface area contributed by atoms with Crippen molar-refractivity contribution >= 4 is 35.0 Å². The summed E-state index contributed by atoms with van der Waals surface area (Å²) in [6, 6.07) is 3.49. The van der Waals surface area contributed by atoms with Crippen LogP contribution in [0.25, 0.3) is 10.7 Å². The highest BCUT2D eigenvalue weighted by Crippen LogP contribution is 2.27. The number of aromatic nitrogens is 3. The van der Waals surface area contributed by atoms with Gasteiger partial charge in [0, 0.05) is 25.8 Å². The van der Waals surface area contributed by atoms with Gasteiger partial charge in [-0.3, -0.25) is 10.1 Å². The highest BCUT2D eigenvalue weighted by molar-refractivity contribution is 7.99. The van der Waals surface area contributed by atoms with Gasteiger partial charge in [0.25, 0.3) is 0 Å². The van der Waals surface area contributed by atoms with Gasteiger partial charge in [0.1, 0.15) is 0 Å². The molecule has 0 unspecified atom stereocenters. The molecule has 0 saturated carbocycles. The first-order valence-corrected chi connectivity index (χ1v) is 8.63. The van der Waals surface area contributed by atoms with E-state index < -0.39 is 6.03 Å². The first-order valence-electron chi connectivity index (χ1n) is 6.77. The molecule has 0 spiro atoms. The van der Waals surface area contributed by atoms with Crippen LogP contribution in [0.3, 0.4) is 0 Å². The molecule has 0 atom stereocenters. The Morgan fingerprint density at radius 1 is 1.41 bits per heavy atom. The largest absolute Gasteiger partial charge is 0.341 e. The SMILES string of the molecule is CCn1c(SCCC(=O)NC(=O)NC)nnc1-c1cccs1. The van der Waals surface area contributed by atoms with Crippen LogP contribution in [0.15, 0.2) is 22.7 Å². The van der Waals surface area contributed by atoms with E-state index in [0.717, 1.165) is 22.4 Å². The van der Waals surface area contributed by atoms with Gasteiger partial charge in [0.2, 0.25) is 5.91 Å². The van der Waals surface area contributed by atoms with Crippen LogP contribution < -0.4 is 10.6 Å². The lowest BCUT2D eigenvalue weighted by Gasteiger charge is -2.06. The monoisotopic (exact) mass is 339 g/mol. The van der Waals surface area contributed by atoms with E-state index in [0.29, 0.717) is 5.75 Å². The Labute approximate surface area is 136 Å². The lowest BCUT2D eigenvalue weighted by atomic mass is 10.4. The predicted molar refractivity (Wildman–Crippen MR) is 86.9 cm³/mol. The number of carbonyl (C=O) groups is 2. The van der Waals surface area contributed by atoms with E-state index >= 15 is 0 Å². The van der Waals surface area contributed by atoms with Crippen molar-refractivity contribution in [3.63, 3.8) is 0 Å². The van der Waals surface area contributed by atoms with Gasteiger partial charge >= 0.3 is 6.03 Å². The Bertz CT molecular complexity index is 639. The molecule has 2 aromatic rings. The molecule has 0 aliphatic rings. The maximum Gasteiger partial charge on any atom is 0.321 e. The van der Waals surface area contributed by atoms with Gasteiger partial charge in [-0.15, -0.1) is 21.5 Å². The topological polar surface area (TPSA) is 88.9 Å². The number of nitrogens with zero attached hydrogens (tertiary/aromatic N) is 3. The standard InChI is InChI=1S/C13H17N5O2S2/c1-3-18-11(9-5-4-7-21-9)16-17-13(18)22-8-6-10(19)15-12(20)14-2/h4-5,7H,3,6,8H2,1-2H3,(H2,14,15,19,20). The third-order valence-electron chi connectivity index (χ3n) is 2.81. The molecule has 0 saturated heterocycles. The summed E-state index contributed by atoms with van der Waals surface area (Å²) in [5.74, 6) is 1.06. The molecule has 118 valence electrons. The van der Waals surface area contributed by atoms with E-state index in [1.165, 1.54) is 18.8 Å². The zero-order valence-electron chi connectivity index (χ0n) is 12.3. The van der Waals surface area contributed by atoms with Crippen LogP contribution in [0.5, 0.6) is 0 Å². The number of hydrogen-bond donors (Lipinski definition) is 2. The molecule has 0 aliphatic carbocycles. The molecule has 2 N–H and O–H groups in total. The van der Waals surface area contributed by atoms with Gasteiger partial charge in [-0.05, 0) is 18.4 Å². The number of urea groups is 1. The number of thiophene rings is 1. The lowest BCUT2D eigenvalue weighted by Crippen LogP contribution is -2.37. The summed E-state index contributed by atoms with van der Waals surface area (Å²) in [4.78, 5) is 23.6. The number of carbonyl (C=O) groups excluding carboxylic acids is 2. The summed E-state index contributed by atoms with van der Waals surface area (Å²) in [5.41, 5.74) is 0. The van der Waals surface area contributed by atoms with Crippen molar-refractivity contribution in [1.82, 2.24) is 25.4 Å². The molecule has 0 bridgehead atoms. The highest BCUT2D eigenvalue weighted by Gasteiger charge is 2.14. The number of hydrogen-bond acceptors (Lipinski definition) is 6. The van der Waals surface area contributed by atoms with Crippen molar-refractivity contribution in [2.45, 2.75) is 25.0 Å². The summed E-state index contributed by atoms with van der Waals surface area (Å²) in [7, 11) is 1.47. The van der Waals surface area contributed by atoms with E-state index in [1.54, 1.807) is 11.3 Å². The molecule has 2 heterocycles. The average molecular weight is 339 g/mol. The Balaban J connectivity index is 1.94.